The molecule has 0 bridgehead atoms. The van der Waals surface area contributed by atoms with E-state index in [0.717, 1.165) is 32.8 Å². The van der Waals surface area contributed by atoms with Gasteiger partial charge in [0.15, 0.2) is 0 Å². The molecule has 0 aromatic heterocycles. The third-order valence-electron chi connectivity index (χ3n) is 4.32. The molecule has 4 nitrogen and oxygen atoms in total. The van der Waals surface area contributed by atoms with Gasteiger partial charge in [-0.15, -0.1) is 0 Å². The van der Waals surface area contributed by atoms with Crippen molar-refractivity contribution in [1.29, 1.82) is 0 Å². The molecule has 0 saturated carbocycles. The van der Waals surface area contributed by atoms with E-state index < -0.39 is 0 Å². The second-order valence-electron chi connectivity index (χ2n) is 5.79. The van der Waals surface area contributed by atoms with Crippen molar-refractivity contribution in [1.82, 2.24) is 4.90 Å². The zero-order valence-electron chi connectivity index (χ0n) is 13.5. The predicted molar refractivity (Wildman–Crippen MR) is 87.1 cm³/mol. The van der Waals surface area contributed by atoms with E-state index in [2.05, 4.69) is 41.4 Å². The number of rotatable bonds is 9. The lowest BCUT2D eigenvalue weighted by atomic mass is 9.97. The molecule has 1 N–H and O–H groups in total. The van der Waals surface area contributed by atoms with Crippen molar-refractivity contribution in [2.75, 3.05) is 52.4 Å². The highest BCUT2D eigenvalue weighted by Crippen LogP contribution is 2.33. The minimum atomic E-state index is 0.426. The molecule has 2 rings (SSSR count). The summed E-state index contributed by atoms with van der Waals surface area (Å²) >= 11 is 0. The molecular weight excluding hydrogens is 264 g/mol. The number of benzene rings is 1. The van der Waals surface area contributed by atoms with Crippen LogP contribution in [-0.2, 0) is 9.47 Å². The lowest BCUT2D eigenvalue weighted by Crippen LogP contribution is -2.39. The fourth-order valence-electron chi connectivity index (χ4n) is 3.04. The van der Waals surface area contributed by atoms with Gasteiger partial charge in [0.25, 0.3) is 0 Å². The molecule has 4 heteroatoms. The van der Waals surface area contributed by atoms with Crippen molar-refractivity contribution in [3.05, 3.63) is 29.8 Å². The third-order valence-corrected chi connectivity index (χ3v) is 4.32. The van der Waals surface area contributed by atoms with Crippen LogP contribution >= 0.6 is 0 Å². The van der Waals surface area contributed by atoms with Crippen molar-refractivity contribution in [3.8, 4) is 0 Å². The van der Waals surface area contributed by atoms with E-state index in [9.17, 15) is 0 Å². The molecule has 0 spiro atoms. The summed E-state index contributed by atoms with van der Waals surface area (Å²) in [5.41, 5.74) is 2.76. The first-order valence-corrected chi connectivity index (χ1v) is 7.81. The highest BCUT2D eigenvalue weighted by Gasteiger charge is 2.23. The molecule has 2 atom stereocenters. The van der Waals surface area contributed by atoms with E-state index in [4.69, 9.17) is 9.47 Å². The van der Waals surface area contributed by atoms with Crippen LogP contribution in [0, 0.1) is 0 Å². The van der Waals surface area contributed by atoms with Crippen LogP contribution in [-0.4, -0.2) is 58.0 Å². The van der Waals surface area contributed by atoms with Crippen LogP contribution in [0.5, 0.6) is 0 Å². The van der Waals surface area contributed by atoms with Crippen LogP contribution in [0.1, 0.15) is 24.8 Å². The molecular formula is C17H28N2O2. The SMILES string of the molecule is COCCN(CCC1CNc2ccccc21)C(C)COC. The predicted octanol–water partition coefficient (Wildman–Crippen LogP) is 2.57. The third kappa shape index (κ3) is 4.43. The summed E-state index contributed by atoms with van der Waals surface area (Å²) in [6.07, 6.45) is 1.17. The van der Waals surface area contributed by atoms with E-state index in [-0.39, 0.29) is 0 Å². The molecule has 0 fully saturated rings. The van der Waals surface area contributed by atoms with Crippen LogP contribution in [0.2, 0.25) is 0 Å². The average molecular weight is 292 g/mol. The lowest BCUT2D eigenvalue weighted by Gasteiger charge is -2.29. The normalized spacial score (nSPS) is 18.6. The van der Waals surface area contributed by atoms with Gasteiger partial charge in [0, 0.05) is 45.0 Å². The van der Waals surface area contributed by atoms with Gasteiger partial charge in [-0.05, 0) is 31.5 Å². The zero-order chi connectivity index (χ0) is 15.1. The van der Waals surface area contributed by atoms with E-state index in [1.165, 1.54) is 17.7 Å². The van der Waals surface area contributed by atoms with Gasteiger partial charge in [-0.25, -0.2) is 0 Å². The number of para-hydroxylation sites is 1. The largest absolute Gasteiger partial charge is 0.384 e. The molecule has 21 heavy (non-hydrogen) atoms. The molecule has 0 saturated heterocycles. The summed E-state index contributed by atoms with van der Waals surface area (Å²) in [5, 5.41) is 3.50. The number of anilines is 1. The molecule has 2 unspecified atom stereocenters. The molecule has 1 aliphatic heterocycles. The smallest absolute Gasteiger partial charge is 0.0615 e. The fraction of sp³-hybridized carbons (Fsp3) is 0.647. The number of ether oxygens (including phenoxy) is 2. The second kappa shape index (κ2) is 8.37. The topological polar surface area (TPSA) is 33.7 Å². The Morgan fingerprint density at radius 3 is 2.81 bits per heavy atom. The average Bonchev–Trinajstić information content (AvgIpc) is 2.91. The van der Waals surface area contributed by atoms with Crippen LogP contribution in [0.25, 0.3) is 0 Å². The van der Waals surface area contributed by atoms with Gasteiger partial charge >= 0.3 is 0 Å². The van der Waals surface area contributed by atoms with Gasteiger partial charge in [-0.3, -0.25) is 4.90 Å². The Bertz CT molecular complexity index is 425. The maximum absolute atomic E-state index is 5.30. The fourth-order valence-corrected chi connectivity index (χ4v) is 3.04. The second-order valence-corrected chi connectivity index (χ2v) is 5.79. The number of fused-ring (bicyclic) bond motifs is 1. The van der Waals surface area contributed by atoms with E-state index in [0.29, 0.717) is 12.0 Å². The van der Waals surface area contributed by atoms with Gasteiger partial charge in [0.05, 0.1) is 13.2 Å². The lowest BCUT2D eigenvalue weighted by molar-refractivity contribution is 0.0734. The number of nitrogens with one attached hydrogen (secondary N) is 1. The molecule has 0 aliphatic carbocycles. The van der Waals surface area contributed by atoms with Crippen molar-refractivity contribution in [2.24, 2.45) is 0 Å². The maximum atomic E-state index is 5.30. The Morgan fingerprint density at radius 2 is 2.05 bits per heavy atom. The molecule has 1 heterocycles. The van der Waals surface area contributed by atoms with Crippen molar-refractivity contribution >= 4 is 5.69 Å². The highest BCUT2D eigenvalue weighted by molar-refractivity contribution is 5.57. The molecule has 1 aliphatic rings. The maximum Gasteiger partial charge on any atom is 0.0615 e. The van der Waals surface area contributed by atoms with Crippen LogP contribution in [0.3, 0.4) is 0 Å². The molecule has 118 valence electrons. The summed E-state index contributed by atoms with van der Waals surface area (Å²) in [6.45, 7) is 6.85. The van der Waals surface area contributed by atoms with E-state index in [1.807, 2.05) is 0 Å². The Labute approximate surface area is 128 Å². The molecule has 0 amide bonds. The first-order chi connectivity index (χ1) is 10.3. The number of methoxy groups -OCH3 is 2. The van der Waals surface area contributed by atoms with E-state index in [1.54, 1.807) is 14.2 Å². The van der Waals surface area contributed by atoms with Gasteiger partial charge in [-0.2, -0.15) is 0 Å². The molecule has 0 radical (unpaired) electrons. The first-order valence-electron chi connectivity index (χ1n) is 7.81. The monoisotopic (exact) mass is 292 g/mol. The Hall–Kier alpha value is -1.10. The quantitative estimate of drug-likeness (QED) is 0.758. The number of nitrogens with zero attached hydrogens (tertiary/aromatic N) is 1. The number of hydrogen-bond donors (Lipinski definition) is 1. The molecule has 1 aromatic carbocycles. The zero-order valence-corrected chi connectivity index (χ0v) is 13.5. The Balaban J connectivity index is 1.89. The minimum absolute atomic E-state index is 0.426. The van der Waals surface area contributed by atoms with Crippen molar-refractivity contribution < 1.29 is 9.47 Å². The Kier molecular flexibility index (Phi) is 6.49. The summed E-state index contributed by atoms with van der Waals surface area (Å²) in [7, 11) is 3.53. The summed E-state index contributed by atoms with van der Waals surface area (Å²) < 4.78 is 10.5. The van der Waals surface area contributed by atoms with Crippen LogP contribution in [0.4, 0.5) is 5.69 Å². The van der Waals surface area contributed by atoms with Gasteiger partial charge < -0.3 is 14.8 Å². The van der Waals surface area contributed by atoms with Crippen LogP contribution in [0.15, 0.2) is 24.3 Å². The molecule has 1 aromatic rings. The van der Waals surface area contributed by atoms with Gasteiger partial charge in [-0.1, -0.05) is 18.2 Å². The summed E-state index contributed by atoms with van der Waals surface area (Å²) in [5.74, 6) is 0.612. The summed E-state index contributed by atoms with van der Waals surface area (Å²) in [6, 6.07) is 9.08. The van der Waals surface area contributed by atoms with Gasteiger partial charge in [0.2, 0.25) is 0 Å². The first kappa shape index (κ1) is 16.3. The minimum Gasteiger partial charge on any atom is -0.384 e. The number of hydrogen-bond acceptors (Lipinski definition) is 4. The summed E-state index contributed by atoms with van der Waals surface area (Å²) in [4.78, 5) is 2.47. The van der Waals surface area contributed by atoms with Crippen LogP contribution < -0.4 is 5.32 Å². The van der Waals surface area contributed by atoms with E-state index >= 15 is 0 Å². The highest BCUT2D eigenvalue weighted by atomic mass is 16.5. The Morgan fingerprint density at radius 1 is 1.24 bits per heavy atom. The standard InChI is InChI=1S/C17H28N2O2/c1-14(13-21-3)19(10-11-20-2)9-8-15-12-18-17-7-5-4-6-16(15)17/h4-7,14-15,18H,8-13H2,1-3H3. The van der Waals surface area contributed by atoms with Gasteiger partial charge in [0.1, 0.15) is 0 Å². The van der Waals surface area contributed by atoms with Crippen molar-refractivity contribution in [3.63, 3.8) is 0 Å². The van der Waals surface area contributed by atoms with Crippen molar-refractivity contribution in [2.45, 2.75) is 25.3 Å².